The fourth-order valence-corrected chi connectivity index (χ4v) is 3.15. The number of imide groups is 1. The number of benzene rings is 1. The second-order valence-electron chi connectivity index (χ2n) is 5.40. The summed E-state index contributed by atoms with van der Waals surface area (Å²) >= 11 is 0. The summed E-state index contributed by atoms with van der Waals surface area (Å²) in [6.07, 6.45) is 1.30. The summed E-state index contributed by atoms with van der Waals surface area (Å²) in [5, 5.41) is 3.57. The molecule has 1 aromatic carbocycles. The topological polar surface area (TPSA) is 54.3 Å². The molecule has 1 fully saturated rings. The lowest BCUT2D eigenvalue weighted by atomic mass is 10.1. The lowest BCUT2D eigenvalue weighted by Gasteiger charge is -2.27. The number of carbonyl (C=O) groups is 2. The summed E-state index contributed by atoms with van der Waals surface area (Å²) in [4.78, 5) is 25.1. The molecular weight excluding hydrogens is 266 g/mol. The Balaban J connectivity index is 2.20. The molecule has 5 nitrogen and oxygen atoms in total. The average Bonchev–Trinajstić information content (AvgIpc) is 2.71. The fourth-order valence-electron chi connectivity index (χ4n) is 3.15. The van der Waals surface area contributed by atoms with Gasteiger partial charge in [-0.05, 0) is 25.0 Å². The van der Waals surface area contributed by atoms with E-state index in [1.807, 2.05) is 19.2 Å². The fraction of sp³-hybridized carbons (Fsp3) is 0.375. The highest BCUT2D eigenvalue weighted by Crippen LogP contribution is 2.33. The van der Waals surface area contributed by atoms with Crippen molar-refractivity contribution in [3.05, 3.63) is 29.5 Å². The number of carbonyl (C=O) groups excluding carboxylic acids is 2. The Bertz CT molecular complexity index is 746. The summed E-state index contributed by atoms with van der Waals surface area (Å²) in [6.45, 7) is 4.67. The van der Waals surface area contributed by atoms with E-state index in [-0.39, 0.29) is 11.9 Å². The smallest absolute Gasteiger partial charge is 0.328 e. The maximum Gasteiger partial charge on any atom is 0.328 e. The summed E-state index contributed by atoms with van der Waals surface area (Å²) in [5.41, 5.74) is 4.44. The third-order valence-electron chi connectivity index (χ3n) is 4.31. The zero-order valence-electron chi connectivity index (χ0n) is 12.6. The van der Waals surface area contributed by atoms with E-state index in [1.54, 1.807) is 4.90 Å². The van der Waals surface area contributed by atoms with E-state index in [0.29, 0.717) is 13.0 Å². The van der Waals surface area contributed by atoms with Gasteiger partial charge in [-0.25, -0.2) is 4.79 Å². The highest BCUT2D eigenvalue weighted by Gasteiger charge is 2.27. The van der Waals surface area contributed by atoms with Gasteiger partial charge in [0, 0.05) is 31.1 Å². The molecule has 0 aliphatic carbocycles. The molecule has 110 valence electrons. The van der Waals surface area contributed by atoms with Crippen LogP contribution in [0.3, 0.4) is 0 Å². The summed E-state index contributed by atoms with van der Waals surface area (Å²) in [7, 11) is 2.02. The van der Waals surface area contributed by atoms with Gasteiger partial charge in [-0.15, -0.1) is 0 Å². The molecule has 0 atom stereocenters. The highest BCUT2D eigenvalue weighted by molar-refractivity contribution is 6.09. The van der Waals surface area contributed by atoms with Crippen LogP contribution in [0.5, 0.6) is 0 Å². The average molecular weight is 285 g/mol. The normalized spacial score (nSPS) is 15.7. The SMILES string of the molecule is CCc1c(C)n(C)c2c(N3CCC(=O)NC3=O)cccc12. The van der Waals surface area contributed by atoms with Crippen molar-refractivity contribution in [2.45, 2.75) is 26.7 Å². The number of aryl methyl sites for hydroxylation is 2. The molecular formula is C16H19N3O2. The predicted molar refractivity (Wildman–Crippen MR) is 82.5 cm³/mol. The predicted octanol–water partition coefficient (Wildman–Crippen LogP) is 2.50. The quantitative estimate of drug-likeness (QED) is 0.921. The maximum absolute atomic E-state index is 12.1. The van der Waals surface area contributed by atoms with Gasteiger partial charge in [0.2, 0.25) is 5.91 Å². The summed E-state index contributed by atoms with van der Waals surface area (Å²) in [6, 6.07) is 5.67. The van der Waals surface area contributed by atoms with Gasteiger partial charge in [-0.2, -0.15) is 0 Å². The second-order valence-corrected chi connectivity index (χ2v) is 5.40. The van der Waals surface area contributed by atoms with Crippen LogP contribution < -0.4 is 10.2 Å². The molecule has 0 unspecified atom stereocenters. The lowest BCUT2D eigenvalue weighted by molar-refractivity contribution is -0.120. The van der Waals surface area contributed by atoms with Crippen molar-refractivity contribution in [3.63, 3.8) is 0 Å². The van der Waals surface area contributed by atoms with Gasteiger partial charge in [0.25, 0.3) is 0 Å². The minimum absolute atomic E-state index is 0.208. The van der Waals surface area contributed by atoms with Crippen LogP contribution in [0.15, 0.2) is 18.2 Å². The van der Waals surface area contributed by atoms with Gasteiger partial charge in [0.15, 0.2) is 0 Å². The van der Waals surface area contributed by atoms with Crippen LogP contribution in [0.1, 0.15) is 24.6 Å². The molecule has 21 heavy (non-hydrogen) atoms. The number of nitrogens with zero attached hydrogens (tertiary/aromatic N) is 2. The molecule has 5 heteroatoms. The van der Waals surface area contributed by atoms with Crippen molar-refractivity contribution in [2.24, 2.45) is 7.05 Å². The zero-order valence-corrected chi connectivity index (χ0v) is 12.6. The number of para-hydroxylation sites is 1. The Morgan fingerprint density at radius 2 is 2.05 bits per heavy atom. The Morgan fingerprint density at radius 3 is 2.71 bits per heavy atom. The number of aromatic nitrogens is 1. The van der Waals surface area contributed by atoms with E-state index >= 15 is 0 Å². The van der Waals surface area contributed by atoms with Crippen LogP contribution in [0, 0.1) is 6.92 Å². The number of hydrogen-bond acceptors (Lipinski definition) is 2. The zero-order chi connectivity index (χ0) is 15.1. The van der Waals surface area contributed by atoms with Gasteiger partial charge in [0.1, 0.15) is 0 Å². The Morgan fingerprint density at radius 1 is 1.29 bits per heavy atom. The van der Waals surface area contributed by atoms with Gasteiger partial charge in [0.05, 0.1) is 11.2 Å². The van der Waals surface area contributed by atoms with Gasteiger partial charge in [-0.1, -0.05) is 19.1 Å². The number of amides is 3. The van der Waals surface area contributed by atoms with Crippen LogP contribution in [0.4, 0.5) is 10.5 Å². The largest absolute Gasteiger partial charge is 0.346 e. The van der Waals surface area contributed by atoms with E-state index < -0.39 is 0 Å². The van der Waals surface area contributed by atoms with E-state index in [2.05, 4.69) is 29.8 Å². The maximum atomic E-state index is 12.1. The monoisotopic (exact) mass is 285 g/mol. The van der Waals surface area contributed by atoms with E-state index in [1.165, 1.54) is 16.6 Å². The molecule has 1 aliphatic rings. The molecule has 0 bridgehead atoms. The van der Waals surface area contributed by atoms with Crippen LogP contribution in [0.25, 0.3) is 10.9 Å². The molecule has 0 saturated carbocycles. The van der Waals surface area contributed by atoms with E-state index in [9.17, 15) is 9.59 Å². The van der Waals surface area contributed by atoms with Crippen LogP contribution in [-0.2, 0) is 18.3 Å². The Labute approximate surface area is 123 Å². The third-order valence-corrected chi connectivity index (χ3v) is 4.31. The summed E-state index contributed by atoms with van der Waals surface area (Å²) in [5.74, 6) is -0.208. The van der Waals surface area contributed by atoms with Crippen molar-refractivity contribution in [1.82, 2.24) is 9.88 Å². The Hall–Kier alpha value is -2.30. The van der Waals surface area contributed by atoms with Crippen LogP contribution in [0.2, 0.25) is 0 Å². The Kier molecular flexibility index (Phi) is 3.20. The number of rotatable bonds is 2. The van der Waals surface area contributed by atoms with E-state index in [0.717, 1.165) is 17.6 Å². The molecule has 3 amide bonds. The first kappa shape index (κ1) is 13.7. The number of fused-ring (bicyclic) bond motifs is 1. The van der Waals surface area contributed by atoms with Crippen LogP contribution in [-0.4, -0.2) is 23.1 Å². The molecule has 0 spiro atoms. The van der Waals surface area contributed by atoms with E-state index in [4.69, 9.17) is 0 Å². The van der Waals surface area contributed by atoms with Gasteiger partial charge >= 0.3 is 6.03 Å². The van der Waals surface area contributed by atoms with Gasteiger partial charge < -0.3 is 4.57 Å². The van der Waals surface area contributed by atoms with Crippen molar-refractivity contribution < 1.29 is 9.59 Å². The molecule has 2 heterocycles. The van der Waals surface area contributed by atoms with Crippen molar-refractivity contribution in [1.29, 1.82) is 0 Å². The number of hydrogen-bond donors (Lipinski definition) is 1. The molecule has 1 N–H and O–H groups in total. The molecule has 1 aromatic heterocycles. The van der Waals surface area contributed by atoms with Crippen molar-refractivity contribution in [2.75, 3.05) is 11.4 Å². The molecule has 3 rings (SSSR count). The first-order chi connectivity index (χ1) is 10.0. The number of urea groups is 1. The first-order valence-corrected chi connectivity index (χ1v) is 7.22. The molecule has 0 radical (unpaired) electrons. The second kappa shape index (κ2) is 4.91. The first-order valence-electron chi connectivity index (χ1n) is 7.22. The molecule has 2 aromatic rings. The minimum Gasteiger partial charge on any atom is -0.346 e. The summed E-state index contributed by atoms with van der Waals surface area (Å²) < 4.78 is 2.13. The van der Waals surface area contributed by atoms with Gasteiger partial charge in [-0.3, -0.25) is 15.0 Å². The lowest BCUT2D eigenvalue weighted by Crippen LogP contribution is -2.49. The standard InChI is InChI=1S/C16H19N3O2/c1-4-11-10(2)18(3)15-12(11)6-5-7-13(15)19-9-8-14(20)17-16(19)21/h5-7H,4,8-9H2,1-3H3,(H,17,20,21). The minimum atomic E-state index is -0.337. The molecule has 1 aliphatic heterocycles. The van der Waals surface area contributed by atoms with Crippen molar-refractivity contribution >= 4 is 28.5 Å². The number of nitrogens with one attached hydrogen (secondary N) is 1. The highest BCUT2D eigenvalue weighted by atomic mass is 16.2. The van der Waals surface area contributed by atoms with Crippen molar-refractivity contribution in [3.8, 4) is 0 Å². The number of anilines is 1. The third kappa shape index (κ3) is 2.00. The van der Waals surface area contributed by atoms with Crippen LogP contribution >= 0.6 is 0 Å². The molecule has 1 saturated heterocycles.